The van der Waals surface area contributed by atoms with E-state index in [1.165, 1.54) is 11.8 Å². The summed E-state index contributed by atoms with van der Waals surface area (Å²) in [4.78, 5) is 2.17. The van der Waals surface area contributed by atoms with E-state index in [0.29, 0.717) is 18.0 Å². The molecule has 0 saturated carbocycles. The minimum Gasteiger partial charge on any atom is -0.496 e. The van der Waals surface area contributed by atoms with Crippen molar-refractivity contribution in [3.8, 4) is 17.0 Å². The van der Waals surface area contributed by atoms with Crippen molar-refractivity contribution in [1.82, 2.24) is 9.19 Å². The van der Waals surface area contributed by atoms with Gasteiger partial charge >= 0.3 is 0 Å². The van der Waals surface area contributed by atoms with Crippen molar-refractivity contribution in [2.45, 2.75) is 45.7 Å². The van der Waals surface area contributed by atoms with Gasteiger partial charge in [0.15, 0.2) is 0 Å². The summed E-state index contributed by atoms with van der Waals surface area (Å²) in [5.74, 6) is 0.390. The standard InChI is InChI=1S/C23H25FIN3OS/c1-5-9-17-20-21(26-28(17)30-25)19-18(29-4)13-12-16(24)22(19)27(23(20,2)3)14-15-10-7-6-8-11-15/h6-8,10-13H,5,9,14H2,1-4H3. The fourth-order valence-electron chi connectivity index (χ4n) is 4.43. The summed E-state index contributed by atoms with van der Waals surface area (Å²) in [5.41, 5.74) is 5.15. The first-order valence-electron chi connectivity index (χ1n) is 10.0. The number of fused-ring (bicyclic) bond motifs is 3. The van der Waals surface area contributed by atoms with E-state index in [2.05, 4.69) is 59.0 Å². The Morgan fingerprint density at radius 2 is 1.90 bits per heavy atom. The number of methoxy groups -OCH3 is 1. The van der Waals surface area contributed by atoms with Crippen LogP contribution in [0.4, 0.5) is 10.1 Å². The molecular weight excluding hydrogens is 512 g/mol. The molecule has 4 rings (SSSR count). The Hall–Kier alpha value is -1.74. The van der Waals surface area contributed by atoms with Crippen molar-refractivity contribution >= 4 is 36.0 Å². The van der Waals surface area contributed by atoms with Gasteiger partial charge in [-0.3, -0.25) is 0 Å². The third kappa shape index (κ3) is 3.39. The molecule has 0 radical (unpaired) electrons. The Bertz CT molecular complexity index is 1070. The van der Waals surface area contributed by atoms with Gasteiger partial charge < -0.3 is 9.64 Å². The molecule has 2 aromatic carbocycles. The fourth-order valence-corrected chi connectivity index (χ4v) is 5.79. The number of ether oxygens (including phenoxy) is 1. The molecule has 1 aliphatic heterocycles. The zero-order valence-corrected chi connectivity index (χ0v) is 20.6. The molecule has 0 spiro atoms. The summed E-state index contributed by atoms with van der Waals surface area (Å²) >= 11 is 2.26. The molecule has 0 fully saturated rings. The van der Waals surface area contributed by atoms with Crippen LogP contribution >= 0.6 is 30.3 Å². The Labute approximate surface area is 193 Å². The normalized spacial score (nSPS) is 14.4. The maximum absolute atomic E-state index is 15.4. The zero-order valence-electron chi connectivity index (χ0n) is 17.6. The average molecular weight is 537 g/mol. The maximum Gasteiger partial charge on any atom is 0.147 e. The summed E-state index contributed by atoms with van der Waals surface area (Å²) in [5, 5.41) is 4.91. The van der Waals surface area contributed by atoms with Crippen molar-refractivity contribution in [3.05, 3.63) is 65.1 Å². The monoisotopic (exact) mass is 537 g/mol. The number of rotatable bonds is 6. The van der Waals surface area contributed by atoms with Crippen LogP contribution in [0, 0.1) is 5.82 Å². The van der Waals surface area contributed by atoms with Crippen molar-refractivity contribution in [1.29, 1.82) is 0 Å². The topological polar surface area (TPSA) is 30.3 Å². The second kappa shape index (κ2) is 8.42. The van der Waals surface area contributed by atoms with Crippen LogP contribution in [0.5, 0.6) is 5.75 Å². The van der Waals surface area contributed by atoms with E-state index in [9.17, 15) is 0 Å². The summed E-state index contributed by atoms with van der Waals surface area (Å²) < 4.78 is 23.0. The lowest BCUT2D eigenvalue weighted by atomic mass is 9.81. The van der Waals surface area contributed by atoms with Crippen LogP contribution in [0.2, 0.25) is 0 Å². The molecule has 0 saturated heterocycles. The summed E-state index contributed by atoms with van der Waals surface area (Å²) in [7, 11) is 3.18. The first kappa shape index (κ1) is 21.5. The summed E-state index contributed by atoms with van der Waals surface area (Å²) in [6.07, 6.45) is 1.92. The number of benzene rings is 2. The average Bonchev–Trinajstić information content (AvgIpc) is 3.12. The number of hydrogen-bond donors (Lipinski definition) is 0. The largest absolute Gasteiger partial charge is 0.496 e. The quantitative estimate of drug-likeness (QED) is 0.326. The number of hydrogen-bond acceptors (Lipinski definition) is 4. The molecule has 158 valence electrons. The van der Waals surface area contributed by atoms with Crippen LogP contribution in [0.25, 0.3) is 11.3 Å². The highest BCUT2D eigenvalue weighted by Gasteiger charge is 2.44. The number of anilines is 1. The highest BCUT2D eigenvalue weighted by molar-refractivity contribution is 14.2. The third-order valence-electron chi connectivity index (χ3n) is 5.79. The molecule has 0 N–H and O–H groups in total. The van der Waals surface area contributed by atoms with Gasteiger partial charge in [-0.05, 0) is 38.0 Å². The van der Waals surface area contributed by atoms with Gasteiger partial charge in [-0.25, -0.2) is 4.39 Å². The number of aromatic nitrogens is 2. The predicted molar refractivity (Wildman–Crippen MR) is 131 cm³/mol. The number of halogens is 2. The van der Waals surface area contributed by atoms with Crippen LogP contribution in [0.15, 0.2) is 42.5 Å². The smallest absolute Gasteiger partial charge is 0.147 e. The van der Waals surface area contributed by atoms with Crippen LogP contribution in [0.1, 0.15) is 44.0 Å². The van der Waals surface area contributed by atoms with Gasteiger partial charge in [0.1, 0.15) is 17.3 Å². The predicted octanol–water partition coefficient (Wildman–Crippen LogP) is 6.75. The van der Waals surface area contributed by atoms with Crippen molar-refractivity contribution < 1.29 is 9.13 Å². The van der Waals surface area contributed by atoms with E-state index >= 15 is 4.39 Å². The Balaban J connectivity index is 2.03. The van der Waals surface area contributed by atoms with Crippen molar-refractivity contribution in [2.75, 3.05) is 12.0 Å². The van der Waals surface area contributed by atoms with Gasteiger partial charge in [0.25, 0.3) is 0 Å². The molecule has 0 aliphatic carbocycles. The Morgan fingerprint density at radius 3 is 2.53 bits per heavy atom. The van der Waals surface area contributed by atoms with Crippen molar-refractivity contribution in [3.63, 3.8) is 0 Å². The lowest BCUT2D eigenvalue weighted by Crippen LogP contribution is -2.45. The van der Waals surface area contributed by atoms with Gasteiger partial charge in [-0.15, -0.1) is 0 Å². The molecule has 4 nitrogen and oxygen atoms in total. The van der Waals surface area contributed by atoms with Crippen LogP contribution in [0.3, 0.4) is 0 Å². The molecular formula is C23H25FIN3OS. The zero-order chi connectivity index (χ0) is 21.5. The molecule has 3 aromatic rings. The van der Waals surface area contributed by atoms with Crippen LogP contribution < -0.4 is 9.64 Å². The lowest BCUT2D eigenvalue weighted by molar-refractivity contribution is 0.410. The number of nitrogens with zero attached hydrogens (tertiary/aromatic N) is 3. The maximum atomic E-state index is 15.4. The van der Waals surface area contributed by atoms with Gasteiger partial charge in [0.2, 0.25) is 0 Å². The summed E-state index contributed by atoms with van der Waals surface area (Å²) in [6, 6.07) is 13.4. The van der Waals surface area contributed by atoms with E-state index in [-0.39, 0.29) is 5.82 Å². The summed E-state index contributed by atoms with van der Waals surface area (Å²) in [6.45, 7) is 7.10. The molecule has 0 bridgehead atoms. The Kier molecular flexibility index (Phi) is 6.03. The minimum absolute atomic E-state index is 0.255. The Morgan fingerprint density at radius 1 is 1.17 bits per heavy atom. The van der Waals surface area contributed by atoms with E-state index in [1.807, 2.05) is 22.3 Å². The van der Waals surface area contributed by atoms with E-state index < -0.39 is 5.54 Å². The molecule has 2 heterocycles. The third-order valence-corrected chi connectivity index (χ3v) is 7.34. The first-order chi connectivity index (χ1) is 14.4. The van der Waals surface area contributed by atoms with Crippen molar-refractivity contribution in [2.24, 2.45) is 0 Å². The van der Waals surface area contributed by atoms with Gasteiger partial charge in [0.05, 0.1) is 29.6 Å². The highest BCUT2D eigenvalue weighted by atomic mass is 127. The molecule has 1 aliphatic rings. The second-order valence-electron chi connectivity index (χ2n) is 7.97. The molecule has 7 heteroatoms. The van der Waals surface area contributed by atoms with E-state index in [4.69, 9.17) is 9.84 Å². The van der Waals surface area contributed by atoms with Gasteiger partial charge in [-0.1, -0.05) is 43.7 Å². The molecule has 0 amide bonds. The lowest BCUT2D eigenvalue weighted by Gasteiger charge is -2.45. The second-order valence-corrected chi connectivity index (χ2v) is 9.63. The molecule has 0 unspecified atom stereocenters. The molecule has 1 aromatic heterocycles. The van der Waals surface area contributed by atoms with Crippen LogP contribution in [-0.4, -0.2) is 16.3 Å². The highest BCUT2D eigenvalue weighted by Crippen LogP contribution is 2.54. The van der Waals surface area contributed by atoms with E-state index in [1.54, 1.807) is 22.3 Å². The SMILES string of the molecule is CCCc1c2c(nn1SI)-c1c(OC)ccc(F)c1N(Cc1ccccc1)C2(C)C. The molecule has 30 heavy (non-hydrogen) atoms. The molecule has 0 atom stereocenters. The van der Waals surface area contributed by atoms with Crippen LogP contribution in [-0.2, 0) is 18.5 Å². The fraction of sp³-hybridized carbons (Fsp3) is 0.348. The van der Waals surface area contributed by atoms with Gasteiger partial charge in [0, 0.05) is 42.4 Å². The van der Waals surface area contributed by atoms with Gasteiger partial charge in [-0.2, -0.15) is 9.19 Å². The minimum atomic E-state index is -0.444. The first-order valence-corrected chi connectivity index (χ1v) is 13.4. The van der Waals surface area contributed by atoms with E-state index in [0.717, 1.165) is 35.2 Å².